The number of nitrogens with two attached hydrogens (primary N) is 13. The molecule has 0 saturated carbocycles. The summed E-state index contributed by atoms with van der Waals surface area (Å²) in [5.74, 6) is -11.3. The van der Waals surface area contributed by atoms with E-state index in [-0.39, 0.29) is 185 Å². The number of carboxylic acids is 1. The Morgan fingerprint density at radius 3 is 1.14 bits per heavy atom. The number of H-pyrrole nitrogens is 1. The maximum Gasteiger partial charge on any atom is 0.326 e. The van der Waals surface area contributed by atoms with E-state index in [1.54, 1.807) is 30.5 Å². The van der Waals surface area contributed by atoms with E-state index in [1.165, 1.54) is 18.7 Å². The van der Waals surface area contributed by atoms with Gasteiger partial charge in [0.15, 0.2) is 29.8 Å². The Morgan fingerprint density at radius 2 is 0.794 bits per heavy atom. The van der Waals surface area contributed by atoms with E-state index >= 15 is 0 Å². The zero-order valence-corrected chi connectivity index (χ0v) is 61.0. The first kappa shape index (κ1) is 90.3. The summed E-state index contributed by atoms with van der Waals surface area (Å²) in [5, 5.41) is 44.9. The number of nitrogens with zero attached hydrogens (tertiary/aromatic N) is 6. The molecule has 0 spiro atoms. The van der Waals surface area contributed by atoms with Gasteiger partial charge in [0.05, 0.1) is 6.10 Å². The van der Waals surface area contributed by atoms with Crippen LogP contribution in [0.15, 0.2) is 55.4 Å². The molecule has 1 aromatic heterocycles. The van der Waals surface area contributed by atoms with E-state index in [0.717, 1.165) is 10.9 Å². The number of nitrogens with one attached hydrogen (secondary N) is 10. The first-order valence-corrected chi connectivity index (χ1v) is 35.7. The second-order valence-electron chi connectivity index (χ2n) is 25.9. The number of amides is 10. The van der Waals surface area contributed by atoms with E-state index < -0.39 is 138 Å². The lowest BCUT2D eigenvalue weighted by molar-refractivity contribution is -0.142. The minimum absolute atomic E-state index is 0.0232. The van der Waals surface area contributed by atoms with Crippen molar-refractivity contribution in [3.63, 3.8) is 0 Å². The van der Waals surface area contributed by atoms with Gasteiger partial charge < -0.3 is 142 Å². The molecule has 107 heavy (non-hydrogen) atoms. The summed E-state index contributed by atoms with van der Waals surface area (Å²) in [6.45, 7) is 3.08. The number of aliphatic hydroxyl groups is 1. The number of carbonyl (C=O) groups is 11. The van der Waals surface area contributed by atoms with Crippen LogP contribution in [-0.4, -0.2) is 240 Å². The number of carboxylic acid groups (broad SMARTS) is 1. The van der Waals surface area contributed by atoms with Crippen molar-refractivity contribution in [2.45, 2.75) is 208 Å². The molecule has 1 saturated heterocycles. The summed E-state index contributed by atoms with van der Waals surface area (Å²) in [5.41, 5.74) is 74.8. The molecule has 0 unspecified atom stereocenters. The topological polar surface area (TPSA) is 756 Å². The lowest BCUT2D eigenvalue weighted by Crippen LogP contribution is -2.60. The van der Waals surface area contributed by atoms with Crippen LogP contribution in [0, 0.1) is 0 Å². The molecule has 0 radical (unpaired) electrons. The number of hydrogen-bond acceptors (Lipinski definition) is 20. The minimum Gasteiger partial charge on any atom is -0.480 e. The third-order valence-electron chi connectivity index (χ3n) is 17.2. The van der Waals surface area contributed by atoms with E-state index in [1.807, 2.05) is 0 Å². The predicted octanol–water partition coefficient (Wildman–Crippen LogP) is -8.60. The number of para-hydroxylation sites is 1. The van der Waals surface area contributed by atoms with Crippen molar-refractivity contribution in [2.24, 2.45) is 99.5 Å². The Hall–Kier alpha value is -10.9. The van der Waals surface area contributed by atoms with Gasteiger partial charge in [0.2, 0.25) is 59.1 Å². The smallest absolute Gasteiger partial charge is 0.326 e. The van der Waals surface area contributed by atoms with Crippen LogP contribution in [0.1, 0.15) is 135 Å². The van der Waals surface area contributed by atoms with Crippen LogP contribution in [0.4, 0.5) is 0 Å². The number of likely N-dealkylation sites (tertiary alicyclic amines) is 1. The molecule has 38 N–H and O–H groups in total. The SMILES string of the molecule is C[C@H](NC(=O)[C@H](CCCN=C(N)N)NC(=O)[C@@H]1CCCN1C(=O)[C@@H](N)[C@@H](C)O)C(=O)N[C@@H](CCCN=C(N)N)C(=O)N[C@@H](CCCN=C(N)N)C(=O)N[C@@H](CCCN=C(N)N)C(=O)N[C@@H](CCCCN)C(=O)N[C@@H](CCCCN)C(=O)N[C@@H](CCCN=C(N)N)C(=O)N[C@@H](Cc1c[nH]c2ccccc12)C(=O)O. The number of benzene rings is 1. The van der Waals surface area contributed by atoms with Crippen molar-refractivity contribution < 1.29 is 63.0 Å². The van der Waals surface area contributed by atoms with Gasteiger partial charge in [-0.05, 0) is 154 Å². The third kappa shape index (κ3) is 33.8. The fourth-order valence-electron chi connectivity index (χ4n) is 11.4. The van der Waals surface area contributed by atoms with Crippen molar-refractivity contribution >= 4 is 106 Å². The summed E-state index contributed by atoms with van der Waals surface area (Å²) in [7, 11) is 0. The van der Waals surface area contributed by atoms with Gasteiger partial charge in [0.1, 0.15) is 66.5 Å². The van der Waals surface area contributed by atoms with Crippen LogP contribution < -0.4 is 122 Å². The van der Waals surface area contributed by atoms with E-state index in [9.17, 15) is 63.0 Å². The number of unbranched alkanes of at least 4 members (excludes halogenated alkanes) is 2. The van der Waals surface area contributed by atoms with Gasteiger partial charge in [-0.2, -0.15) is 0 Å². The lowest BCUT2D eigenvalue weighted by Gasteiger charge is -2.29. The molecule has 0 aliphatic carbocycles. The Bertz CT molecular complexity index is 3380. The van der Waals surface area contributed by atoms with Crippen molar-refractivity contribution in [3.05, 3.63) is 36.0 Å². The average molecular weight is 1510 g/mol. The highest BCUT2D eigenvalue weighted by atomic mass is 16.4. The highest BCUT2D eigenvalue weighted by Crippen LogP contribution is 2.22. The molecule has 598 valence electrons. The molecule has 3 rings (SSSR count). The summed E-state index contributed by atoms with van der Waals surface area (Å²) in [4.78, 5) is 180. The van der Waals surface area contributed by atoms with Crippen LogP contribution in [-0.2, 0) is 59.2 Å². The molecular weight excluding hydrogens is 1390 g/mol. The summed E-state index contributed by atoms with van der Waals surface area (Å²) in [6.07, 6.45) is 1.81. The van der Waals surface area contributed by atoms with E-state index in [4.69, 9.17) is 74.5 Å². The zero-order chi connectivity index (χ0) is 79.7. The standard InChI is InChI=1S/C65H115N29O13/c1-35(85-51(97)42(19-9-27-79-61(69)70)92-58(104)48-24-14-32-94(48)59(105)49(68)36(2)95)50(96)86-43(20-10-28-80-62(71)72)54(100)89-45(22-12-30-82-64(75)76)56(102)90-44(21-11-29-81-63(73)74)55(101)88-40(17-5-7-25-66)52(98)87-41(18-6-8-26-67)53(99)91-46(23-13-31-83-65(77)78)57(103)93-47(60(106)107)33-37-34-84-39-16-4-3-15-38(37)39/h3-4,15-16,34-36,40-49,84,95H,5-14,17-33,66-68H2,1-2H3,(H,85,97)(H,86,96)(H,87,98)(H,88,101)(H,89,100)(H,90,102)(H,91,99)(H,92,104)(H,93,103)(H,106,107)(H4,69,70,79)(H4,71,72,80)(H4,73,74,81)(H4,75,76,82)(H4,77,78,83)/t35-,36+,40-,41-,42-,43-,44-,45-,46-,47-,48-,49-/m0/s1. The fraction of sp³-hybridized carbons (Fsp3) is 0.631. The van der Waals surface area contributed by atoms with Gasteiger partial charge in [-0.15, -0.1) is 0 Å². The molecule has 2 aromatic rings. The molecule has 1 fully saturated rings. The third-order valence-corrected chi connectivity index (χ3v) is 17.2. The van der Waals surface area contributed by atoms with Gasteiger partial charge in [-0.25, -0.2) is 4.79 Å². The van der Waals surface area contributed by atoms with Crippen LogP contribution in [0.25, 0.3) is 10.9 Å². The largest absolute Gasteiger partial charge is 0.480 e. The average Bonchev–Trinajstić information content (AvgIpc) is 1.72. The maximum atomic E-state index is 14.8. The summed E-state index contributed by atoms with van der Waals surface area (Å²) in [6, 6.07) is -8.17. The number of aromatic amines is 1. The summed E-state index contributed by atoms with van der Waals surface area (Å²) >= 11 is 0. The molecule has 1 aromatic carbocycles. The van der Waals surface area contributed by atoms with Gasteiger partial charge in [-0.3, -0.25) is 72.9 Å². The number of fused-ring (bicyclic) bond motifs is 1. The number of guanidine groups is 5. The highest BCUT2D eigenvalue weighted by Gasteiger charge is 2.40. The van der Waals surface area contributed by atoms with E-state index in [2.05, 4.69) is 77.8 Å². The first-order valence-electron chi connectivity index (χ1n) is 35.7. The van der Waals surface area contributed by atoms with Crippen molar-refractivity contribution in [1.82, 2.24) is 57.7 Å². The van der Waals surface area contributed by atoms with Crippen molar-refractivity contribution in [1.29, 1.82) is 0 Å². The molecule has 0 bridgehead atoms. The fourth-order valence-corrected chi connectivity index (χ4v) is 11.4. The Balaban J connectivity index is 2.01. The molecule has 42 nitrogen and oxygen atoms in total. The van der Waals surface area contributed by atoms with Crippen molar-refractivity contribution in [2.75, 3.05) is 52.4 Å². The first-order chi connectivity index (χ1) is 50.8. The van der Waals surface area contributed by atoms with Crippen molar-refractivity contribution in [3.8, 4) is 0 Å². The van der Waals surface area contributed by atoms with E-state index in [0.29, 0.717) is 24.8 Å². The second kappa shape index (κ2) is 48.3. The van der Waals surface area contributed by atoms with Crippen LogP contribution >= 0.6 is 0 Å². The second-order valence-corrected chi connectivity index (χ2v) is 25.9. The van der Waals surface area contributed by atoms with Crippen LogP contribution in [0.2, 0.25) is 0 Å². The lowest BCUT2D eigenvalue weighted by atomic mass is 10.0. The molecule has 10 amide bonds. The van der Waals surface area contributed by atoms with Crippen LogP contribution in [0.3, 0.4) is 0 Å². The predicted molar refractivity (Wildman–Crippen MR) is 402 cm³/mol. The van der Waals surface area contributed by atoms with Gasteiger partial charge >= 0.3 is 5.97 Å². The molecule has 2 heterocycles. The van der Waals surface area contributed by atoms with Gasteiger partial charge in [0, 0.05) is 62.8 Å². The number of aliphatic carboxylic acids is 1. The number of aliphatic hydroxyl groups excluding tert-OH is 1. The molecular formula is C65H115N29O13. The van der Waals surface area contributed by atoms with Crippen LogP contribution in [0.5, 0.6) is 0 Å². The minimum atomic E-state index is -1.53. The molecule has 1 aliphatic heterocycles. The molecule has 42 heteroatoms. The monoisotopic (exact) mass is 1510 g/mol. The Morgan fingerprint density at radius 1 is 0.467 bits per heavy atom. The Kier molecular flexibility index (Phi) is 40.8. The normalized spacial score (nSPS) is 15.5. The highest BCUT2D eigenvalue weighted by molar-refractivity contribution is 5.99. The maximum absolute atomic E-state index is 14.8. The van der Waals surface area contributed by atoms with Gasteiger partial charge in [-0.1, -0.05) is 18.2 Å². The zero-order valence-electron chi connectivity index (χ0n) is 61.0. The number of aromatic nitrogens is 1. The van der Waals surface area contributed by atoms with Gasteiger partial charge in [0.25, 0.3) is 0 Å². The summed E-state index contributed by atoms with van der Waals surface area (Å²) < 4.78 is 0. The number of hydrogen-bond donors (Lipinski definition) is 25. The molecule has 12 atom stereocenters. The molecule has 1 aliphatic rings. The Labute approximate surface area is 620 Å². The number of aliphatic imine (C=N–C) groups is 5. The number of rotatable bonds is 51. The quantitative estimate of drug-likeness (QED) is 0.0166. The number of carbonyl (C=O) groups excluding carboxylic acids is 10.